The Bertz CT molecular complexity index is 891. The summed E-state index contributed by atoms with van der Waals surface area (Å²) in [4.78, 5) is 30.8. The summed E-state index contributed by atoms with van der Waals surface area (Å²) in [6.07, 6.45) is 0.838. The van der Waals surface area contributed by atoms with Gasteiger partial charge < -0.3 is 19.4 Å². The number of nitrogens with zero attached hydrogens (tertiary/aromatic N) is 5. The monoisotopic (exact) mass is 439 g/mol. The highest BCUT2D eigenvalue weighted by Crippen LogP contribution is 2.22. The van der Waals surface area contributed by atoms with Crippen LogP contribution in [0.25, 0.3) is 11.3 Å². The fraction of sp³-hybridized carbons (Fsp3) is 0.500. The number of anilines is 1. The number of hydrogen-bond donors (Lipinski definition) is 0. The lowest BCUT2D eigenvalue weighted by atomic mass is 10.1. The van der Waals surface area contributed by atoms with Gasteiger partial charge in [-0.15, -0.1) is 10.2 Å². The zero-order valence-electron chi connectivity index (χ0n) is 19.5. The molecule has 1 aromatic heterocycles. The van der Waals surface area contributed by atoms with Gasteiger partial charge in [-0.2, -0.15) is 0 Å². The molecular weight excluding hydrogens is 406 g/mol. The Morgan fingerprint density at radius 1 is 1.03 bits per heavy atom. The average Bonchev–Trinajstić information content (AvgIpc) is 2.83. The van der Waals surface area contributed by atoms with Crippen LogP contribution in [0.2, 0.25) is 0 Å². The maximum absolute atomic E-state index is 12.8. The topological polar surface area (TPSA) is 78.9 Å². The molecule has 0 radical (unpaired) electrons. The SMILES string of the molecule is CCCN(CC(=O)N1CCN(c2ccc(-c3ccc(OC)cc3)nn2)CC1)C(=O)C(C)C. The minimum absolute atomic E-state index is 0.00744. The number of carbonyl (C=O) groups is 2. The van der Waals surface area contributed by atoms with Crippen molar-refractivity contribution in [1.29, 1.82) is 0 Å². The molecule has 1 saturated heterocycles. The third kappa shape index (κ3) is 5.75. The molecule has 0 bridgehead atoms. The van der Waals surface area contributed by atoms with E-state index >= 15 is 0 Å². The zero-order valence-corrected chi connectivity index (χ0v) is 19.5. The lowest BCUT2D eigenvalue weighted by Gasteiger charge is -2.36. The minimum atomic E-state index is -0.106. The van der Waals surface area contributed by atoms with E-state index in [2.05, 4.69) is 15.1 Å². The van der Waals surface area contributed by atoms with Gasteiger partial charge in [0.2, 0.25) is 11.8 Å². The number of methoxy groups -OCH3 is 1. The Morgan fingerprint density at radius 3 is 2.25 bits per heavy atom. The van der Waals surface area contributed by atoms with E-state index in [1.54, 1.807) is 12.0 Å². The highest BCUT2D eigenvalue weighted by atomic mass is 16.5. The number of carbonyl (C=O) groups excluding carboxylic acids is 2. The second-order valence-corrected chi connectivity index (χ2v) is 8.29. The summed E-state index contributed by atoms with van der Waals surface area (Å²) in [5.74, 6) is 1.54. The van der Waals surface area contributed by atoms with Crippen LogP contribution < -0.4 is 9.64 Å². The Hall–Kier alpha value is -3.16. The van der Waals surface area contributed by atoms with E-state index in [9.17, 15) is 9.59 Å². The summed E-state index contributed by atoms with van der Waals surface area (Å²) < 4.78 is 5.19. The Kier molecular flexibility index (Phi) is 8.03. The molecule has 0 spiro atoms. The first-order chi connectivity index (χ1) is 15.4. The van der Waals surface area contributed by atoms with Crippen molar-refractivity contribution in [1.82, 2.24) is 20.0 Å². The van der Waals surface area contributed by atoms with Gasteiger partial charge in [0.1, 0.15) is 5.75 Å². The van der Waals surface area contributed by atoms with Crippen molar-refractivity contribution in [3.63, 3.8) is 0 Å². The smallest absolute Gasteiger partial charge is 0.242 e. The molecular formula is C24H33N5O3. The van der Waals surface area contributed by atoms with Crippen LogP contribution in [0.15, 0.2) is 36.4 Å². The lowest BCUT2D eigenvalue weighted by molar-refractivity contribution is -0.142. The van der Waals surface area contributed by atoms with Crippen LogP contribution in [0, 0.1) is 5.92 Å². The second kappa shape index (κ2) is 10.9. The van der Waals surface area contributed by atoms with Crippen molar-refractivity contribution in [2.45, 2.75) is 27.2 Å². The lowest BCUT2D eigenvalue weighted by Crippen LogP contribution is -2.52. The van der Waals surface area contributed by atoms with Crippen molar-refractivity contribution in [2.75, 3.05) is 51.3 Å². The molecule has 2 amide bonds. The van der Waals surface area contributed by atoms with E-state index in [0.717, 1.165) is 29.2 Å². The van der Waals surface area contributed by atoms with E-state index in [-0.39, 0.29) is 24.3 Å². The molecule has 2 heterocycles. The molecule has 8 nitrogen and oxygen atoms in total. The van der Waals surface area contributed by atoms with E-state index in [1.807, 2.05) is 62.1 Å². The van der Waals surface area contributed by atoms with Crippen molar-refractivity contribution >= 4 is 17.6 Å². The standard InChI is InChI=1S/C24H33N5O3/c1-5-12-29(24(31)18(2)3)17-23(30)28-15-13-27(14-16-28)22-11-10-21(25-26-22)19-6-8-20(32-4)9-7-19/h6-11,18H,5,12-17H2,1-4H3. The molecule has 2 aromatic rings. The largest absolute Gasteiger partial charge is 0.497 e. The maximum Gasteiger partial charge on any atom is 0.242 e. The average molecular weight is 440 g/mol. The Balaban J connectivity index is 1.55. The molecule has 1 fully saturated rings. The van der Waals surface area contributed by atoms with Crippen molar-refractivity contribution in [3.05, 3.63) is 36.4 Å². The number of hydrogen-bond acceptors (Lipinski definition) is 6. The van der Waals surface area contributed by atoms with Gasteiger partial charge in [-0.25, -0.2) is 0 Å². The van der Waals surface area contributed by atoms with Crippen LogP contribution in [0.4, 0.5) is 5.82 Å². The normalized spacial score (nSPS) is 13.9. The summed E-state index contributed by atoms with van der Waals surface area (Å²) in [6.45, 7) is 9.12. The van der Waals surface area contributed by atoms with Gasteiger partial charge in [0.25, 0.3) is 0 Å². The van der Waals surface area contributed by atoms with Gasteiger partial charge in [-0.3, -0.25) is 9.59 Å². The Labute approximate surface area is 190 Å². The van der Waals surface area contributed by atoms with E-state index < -0.39 is 0 Å². The number of ether oxygens (including phenoxy) is 1. The summed E-state index contributed by atoms with van der Waals surface area (Å²) in [6, 6.07) is 11.6. The molecule has 0 N–H and O–H groups in total. The number of amides is 2. The van der Waals surface area contributed by atoms with Gasteiger partial charge in [-0.1, -0.05) is 20.8 Å². The van der Waals surface area contributed by atoms with Crippen LogP contribution in [-0.2, 0) is 9.59 Å². The molecule has 1 aromatic carbocycles. The van der Waals surface area contributed by atoms with Gasteiger partial charge in [0, 0.05) is 44.2 Å². The first kappa shape index (κ1) is 23.5. The number of benzene rings is 1. The third-order valence-electron chi connectivity index (χ3n) is 5.62. The minimum Gasteiger partial charge on any atom is -0.497 e. The fourth-order valence-electron chi connectivity index (χ4n) is 3.76. The van der Waals surface area contributed by atoms with Gasteiger partial charge in [0.05, 0.1) is 19.3 Å². The van der Waals surface area contributed by atoms with Crippen LogP contribution in [0.3, 0.4) is 0 Å². The van der Waals surface area contributed by atoms with Crippen LogP contribution in [-0.4, -0.2) is 78.2 Å². The van der Waals surface area contributed by atoms with E-state index in [4.69, 9.17) is 4.74 Å². The fourth-order valence-corrected chi connectivity index (χ4v) is 3.76. The highest BCUT2D eigenvalue weighted by Gasteiger charge is 2.26. The van der Waals surface area contributed by atoms with Crippen LogP contribution in [0.5, 0.6) is 5.75 Å². The van der Waals surface area contributed by atoms with Gasteiger partial charge in [0.15, 0.2) is 5.82 Å². The maximum atomic E-state index is 12.8. The van der Waals surface area contributed by atoms with E-state index in [1.165, 1.54) is 0 Å². The van der Waals surface area contributed by atoms with Crippen molar-refractivity contribution in [3.8, 4) is 17.0 Å². The molecule has 0 aliphatic carbocycles. The summed E-state index contributed by atoms with van der Waals surface area (Å²) in [5.41, 5.74) is 1.78. The molecule has 0 unspecified atom stereocenters. The quantitative estimate of drug-likeness (QED) is 0.629. The van der Waals surface area contributed by atoms with Crippen molar-refractivity contribution in [2.24, 2.45) is 5.92 Å². The van der Waals surface area contributed by atoms with Crippen molar-refractivity contribution < 1.29 is 14.3 Å². The predicted octanol–water partition coefficient (Wildman–Crippen LogP) is 2.70. The molecule has 0 saturated carbocycles. The molecule has 1 aliphatic heterocycles. The van der Waals surface area contributed by atoms with Gasteiger partial charge >= 0.3 is 0 Å². The molecule has 1 aliphatic rings. The summed E-state index contributed by atoms with van der Waals surface area (Å²) >= 11 is 0. The first-order valence-electron chi connectivity index (χ1n) is 11.2. The molecule has 3 rings (SSSR count). The summed E-state index contributed by atoms with van der Waals surface area (Å²) in [7, 11) is 1.64. The second-order valence-electron chi connectivity index (χ2n) is 8.29. The molecule has 172 valence electrons. The first-order valence-corrected chi connectivity index (χ1v) is 11.2. The number of rotatable bonds is 8. The molecule has 8 heteroatoms. The highest BCUT2D eigenvalue weighted by molar-refractivity contribution is 5.85. The van der Waals surface area contributed by atoms with Crippen LogP contribution in [0.1, 0.15) is 27.2 Å². The van der Waals surface area contributed by atoms with E-state index in [0.29, 0.717) is 32.7 Å². The van der Waals surface area contributed by atoms with Crippen LogP contribution >= 0.6 is 0 Å². The third-order valence-corrected chi connectivity index (χ3v) is 5.62. The Morgan fingerprint density at radius 2 is 1.72 bits per heavy atom. The molecule has 32 heavy (non-hydrogen) atoms. The zero-order chi connectivity index (χ0) is 23.1. The number of aromatic nitrogens is 2. The summed E-state index contributed by atoms with van der Waals surface area (Å²) in [5, 5.41) is 8.77. The number of piperazine rings is 1. The molecule has 0 atom stereocenters. The van der Waals surface area contributed by atoms with Gasteiger partial charge in [-0.05, 0) is 42.8 Å². The predicted molar refractivity (Wildman–Crippen MR) is 125 cm³/mol.